The van der Waals surface area contributed by atoms with Crippen LogP contribution >= 0.6 is 0 Å². The van der Waals surface area contributed by atoms with E-state index in [9.17, 15) is 5.11 Å². The second-order valence-electron chi connectivity index (χ2n) is 5.83. The third kappa shape index (κ3) is 2.66. The number of aromatic nitrogens is 1. The second-order valence-corrected chi connectivity index (χ2v) is 5.83. The maximum absolute atomic E-state index is 9.67. The Balaban J connectivity index is 2.26. The highest BCUT2D eigenvalue weighted by atomic mass is 16.3. The van der Waals surface area contributed by atoms with Crippen LogP contribution in [-0.4, -0.2) is 22.7 Å². The molecule has 2 rings (SSSR count). The third-order valence-electron chi connectivity index (χ3n) is 4.14. The summed E-state index contributed by atoms with van der Waals surface area (Å²) in [4.78, 5) is 6.86. The lowest BCUT2D eigenvalue weighted by atomic mass is 9.86. The van der Waals surface area contributed by atoms with Crippen LogP contribution in [0.2, 0.25) is 0 Å². The number of pyridine rings is 1. The van der Waals surface area contributed by atoms with Gasteiger partial charge in [-0.2, -0.15) is 0 Å². The molecule has 0 radical (unpaired) electrons. The summed E-state index contributed by atoms with van der Waals surface area (Å²) in [5.41, 5.74) is 0.943. The smallest absolute Gasteiger partial charge is 0.129 e. The molecule has 0 spiro atoms. The Morgan fingerprint density at radius 2 is 2.11 bits per heavy atom. The molecule has 0 bridgehead atoms. The van der Waals surface area contributed by atoms with Crippen LogP contribution in [0, 0.1) is 11.8 Å². The summed E-state index contributed by atoms with van der Waals surface area (Å²) in [6, 6.07) is 4.42. The number of piperidine rings is 1. The Bertz CT molecular complexity index is 405. The Morgan fingerprint density at radius 3 is 2.78 bits per heavy atom. The Kier molecular flexibility index (Phi) is 3.91. The van der Waals surface area contributed by atoms with E-state index in [1.54, 1.807) is 13.1 Å². The number of rotatable bonds is 2. The first-order valence-electron chi connectivity index (χ1n) is 6.89. The van der Waals surface area contributed by atoms with Crippen LogP contribution in [-0.2, 0) is 0 Å². The second kappa shape index (κ2) is 5.27. The largest absolute Gasteiger partial charge is 0.389 e. The zero-order chi connectivity index (χ0) is 13.3. The number of aliphatic hydroxyl groups excluding tert-OH is 1. The van der Waals surface area contributed by atoms with Gasteiger partial charge in [0, 0.05) is 18.8 Å². The molecule has 4 atom stereocenters. The van der Waals surface area contributed by atoms with Crippen LogP contribution in [0.1, 0.15) is 45.8 Å². The topological polar surface area (TPSA) is 36.4 Å². The molecule has 3 heteroatoms. The highest BCUT2D eigenvalue weighted by Gasteiger charge is 2.29. The molecule has 0 aromatic carbocycles. The maximum atomic E-state index is 9.67. The van der Waals surface area contributed by atoms with Crippen molar-refractivity contribution >= 4 is 5.82 Å². The molecule has 0 amide bonds. The van der Waals surface area contributed by atoms with E-state index in [1.807, 2.05) is 12.1 Å². The average molecular weight is 248 g/mol. The zero-order valence-electron chi connectivity index (χ0n) is 11.8. The molecule has 100 valence electrons. The first-order chi connectivity index (χ1) is 8.49. The molecule has 1 aliphatic rings. The molecular weight excluding hydrogens is 224 g/mol. The fourth-order valence-corrected chi connectivity index (χ4v) is 2.87. The molecule has 1 saturated heterocycles. The van der Waals surface area contributed by atoms with Gasteiger partial charge in [0.05, 0.1) is 6.10 Å². The van der Waals surface area contributed by atoms with Gasteiger partial charge in [-0.25, -0.2) is 4.98 Å². The monoisotopic (exact) mass is 248 g/mol. The molecule has 1 N–H and O–H groups in total. The molecule has 1 fully saturated rings. The minimum atomic E-state index is -0.429. The molecular formula is C15H24N2O. The van der Waals surface area contributed by atoms with Gasteiger partial charge in [0.15, 0.2) is 0 Å². The van der Waals surface area contributed by atoms with E-state index in [4.69, 9.17) is 0 Å². The molecule has 1 aromatic heterocycles. The normalized spacial score (nSPS) is 30.3. The predicted molar refractivity (Wildman–Crippen MR) is 74.6 cm³/mol. The molecule has 3 unspecified atom stereocenters. The quantitative estimate of drug-likeness (QED) is 0.874. The van der Waals surface area contributed by atoms with Crippen molar-refractivity contribution in [1.82, 2.24) is 4.98 Å². The van der Waals surface area contributed by atoms with Crippen LogP contribution < -0.4 is 4.90 Å². The van der Waals surface area contributed by atoms with Gasteiger partial charge in [0.25, 0.3) is 0 Å². The van der Waals surface area contributed by atoms with E-state index in [1.165, 1.54) is 6.42 Å². The molecule has 1 aliphatic heterocycles. The van der Waals surface area contributed by atoms with Gasteiger partial charge in [-0.3, -0.25) is 0 Å². The summed E-state index contributed by atoms with van der Waals surface area (Å²) < 4.78 is 0. The standard InChI is InChI=1S/C15H24N2O/c1-10-7-11(2)12(3)17(9-10)15-8-14(13(4)18)5-6-16-15/h5-6,8,10-13,18H,7,9H2,1-4H3/t10?,11?,12?,13-/m1/s1. The van der Waals surface area contributed by atoms with Crippen molar-refractivity contribution in [1.29, 1.82) is 0 Å². The van der Waals surface area contributed by atoms with E-state index in [-0.39, 0.29) is 0 Å². The SMILES string of the molecule is CC1CC(C)C(C)N(c2cc([C@@H](C)O)ccn2)C1. The summed E-state index contributed by atoms with van der Waals surface area (Å²) in [7, 11) is 0. The van der Waals surface area contributed by atoms with Crippen LogP contribution in [0.15, 0.2) is 18.3 Å². The van der Waals surface area contributed by atoms with Crippen molar-refractivity contribution in [3.63, 3.8) is 0 Å². The van der Waals surface area contributed by atoms with Gasteiger partial charge >= 0.3 is 0 Å². The van der Waals surface area contributed by atoms with E-state index in [0.29, 0.717) is 17.9 Å². The van der Waals surface area contributed by atoms with Crippen LogP contribution in [0.4, 0.5) is 5.82 Å². The number of hydrogen-bond donors (Lipinski definition) is 1. The first-order valence-corrected chi connectivity index (χ1v) is 6.89. The summed E-state index contributed by atoms with van der Waals surface area (Å²) in [5.74, 6) is 2.39. The summed E-state index contributed by atoms with van der Waals surface area (Å²) >= 11 is 0. The minimum absolute atomic E-state index is 0.429. The Labute approximate surface area is 110 Å². The number of nitrogens with zero attached hydrogens (tertiary/aromatic N) is 2. The number of hydrogen-bond acceptors (Lipinski definition) is 3. The van der Waals surface area contributed by atoms with Crippen LogP contribution in [0.5, 0.6) is 0 Å². The molecule has 2 heterocycles. The average Bonchev–Trinajstić information content (AvgIpc) is 2.34. The summed E-state index contributed by atoms with van der Waals surface area (Å²) in [6.07, 6.45) is 2.66. The van der Waals surface area contributed by atoms with Gasteiger partial charge in [-0.1, -0.05) is 13.8 Å². The lowest BCUT2D eigenvalue weighted by molar-refractivity contribution is 0.199. The van der Waals surface area contributed by atoms with Crippen molar-refractivity contribution in [2.24, 2.45) is 11.8 Å². The van der Waals surface area contributed by atoms with Crippen molar-refractivity contribution in [2.75, 3.05) is 11.4 Å². The van der Waals surface area contributed by atoms with E-state index in [0.717, 1.165) is 17.9 Å². The fraction of sp³-hybridized carbons (Fsp3) is 0.667. The highest BCUT2D eigenvalue weighted by Crippen LogP contribution is 2.31. The highest BCUT2D eigenvalue weighted by molar-refractivity contribution is 5.43. The number of aliphatic hydroxyl groups is 1. The van der Waals surface area contributed by atoms with Crippen LogP contribution in [0.25, 0.3) is 0 Å². The summed E-state index contributed by atoms with van der Waals surface area (Å²) in [5, 5.41) is 9.67. The van der Waals surface area contributed by atoms with Crippen LogP contribution in [0.3, 0.4) is 0 Å². The van der Waals surface area contributed by atoms with Crippen molar-refractivity contribution in [2.45, 2.75) is 46.3 Å². The van der Waals surface area contributed by atoms with Gasteiger partial charge in [0.2, 0.25) is 0 Å². The van der Waals surface area contributed by atoms with Gasteiger partial charge < -0.3 is 10.0 Å². The molecule has 3 nitrogen and oxygen atoms in total. The number of anilines is 1. The van der Waals surface area contributed by atoms with Gasteiger partial charge in [0.1, 0.15) is 5.82 Å². The fourth-order valence-electron chi connectivity index (χ4n) is 2.87. The van der Waals surface area contributed by atoms with Crippen molar-refractivity contribution in [3.8, 4) is 0 Å². The van der Waals surface area contributed by atoms with E-state index in [2.05, 4.69) is 30.7 Å². The molecule has 18 heavy (non-hydrogen) atoms. The van der Waals surface area contributed by atoms with Gasteiger partial charge in [-0.05, 0) is 49.8 Å². The molecule has 1 aromatic rings. The van der Waals surface area contributed by atoms with E-state index >= 15 is 0 Å². The Morgan fingerprint density at radius 1 is 1.39 bits per heavy atom. The lowest BCUT2D eigenvalue weighted by Crippen LogP contribution is -2.46. The maximum Gasteiger partial charge on any atom is 0.129 e. The predicted octanol–water partition coefficient (Wildman–Crippen LogP) is 3.01. The lowest BCUT2D eigenvalue weighted by Gasteiger charge is -2.42. The summed E-state index contributed by atoms with van der Waals surface area (Å²) in [6.45, 7) is 9.73. The molecule has 0 aliphatic carbocycles. The molecule has 0 saturated carbocycles. The minimum Gasteiger partial charge on any atom is -0.389 e. The zero-order valence-corrected chi connectivity index (χ0v) is 11.8. The first kappa shape index (κ1) is 13.3. The third-order valence-corrected chi connectivity index (χ3v) is 4.14. The van der Waals surface area contributed by atoms with E-state index < -0.39 is 6.10 Å². The van der Waals surface area contributed by atoms with Crippen molar-refractivity contribution in [3.05, 3.63) is 23.9 Å². The van der Waals surface area contributed by atoms with Crippen molar-refractivity contribution < 1.29 is 5.11 Å². The van der Waals surface area contributed by atoms with Gasteiger partial charge in [-0.15, -0.1) is 0 Å². The Hall–Kier alpha value is -1.09.